The zero-order valence-corrected chi connectivity index (χ0v) is 10.0. The number of nitrogens with one attached hydrogen (secondary N) is 1. The van der Waals surface area contributed by atoms with Crippen LogP contribution >= 0.6 is 0 Å². The molecule has 0 unspecified atom stereocenters. The molecule has 1 aromatic heterocycles. The van der Waals surface area contributed by atoms with Crippen LogP contribution in [0.5, 0.6) is 5.75 Å². The summed E-state index contributed by atoms with van der Waals surface area (Å²) in [6.07, 6.45) is 3.99. The predicted molar refractivity (Wildman–Crippen MR) is 65.0 cm³/mol. The molecule has 1 N–H and O–H groups in total. The number of methoxy groups -OCH3 is 1. The van der Waals surface area contributed by atoms with Crippen molar-refractivity contribution >= 4 is 5.82 Å². The first kappa shape index (κ1) is 12.8. The lowest BCUT2D eigenvalue weighted by atomic mass is 10.4. The summed E-state index contributed by atoms with van der Waals surface area (Å²) in [4.78, 5) is 4.19. The van der Waals surface area contributed by atoms with E-state index in [0.717, 1.165) is 31.1 Å². The number of ether oxygens (including phenoxy) is 2. The first-order chi connectivity index (χ1) is 7.86. The number of hydrogen-bond donors (Lipinski definition) is 1. The van der Waals surface area contributed by atoms with Gasteiger partial charge in [0.05, 0.1) is 19.9 Å². The van der Waals surface area contributed by atoms with Gasteiger partial charge in [0.25, 0.3) is 0 Å². The van der Waals surface area contributed by atoms with Gasteiger partial charge in [0.2, 0.25) is 0 Å². The minimum Gasteiger partial charge on any atom is -0.495 e. The molecule has 0 spiro atoms. The zero-order chi connectivity index (χ0) is 11.6. The number of aromatic nitrogens is 1. The molecule has 16 heavy (non-hydrogen) atoms. The Morgan fingerprint density at radius 1 is 1.31 bits per heavy atom. The topological polar surface area (TPSA) is 43.4 Å². The third-order valence-electron chi connectivity index (χ3n) is 2.17. The van der Waals surface area contributed by atoms with Crippen molar-refractivity contribution in [2.45, 2.75) is 19.8 Å². The quantitative estimate of drug-likeness (QED) is 0.688. The van der Waals surface area contributed by atoms with Crippen LogP contribution in [0.3, 0.4) is 0 Å². The van der Waals surface area contributed by atoms with Gasteiger partial charge < -0.3 is 14.8 Å². The smallest absolute Gasteiger partial charge is 0.137 e. The normalized spacial score (nSPS) is 10.1. The molecule has 0 radical (unpaired) electrons. The fourth-order valence-electron chi connectivity index (χ4n) is 1.21. The van der Waals surface area contributed by atoms with E-state index in [9.17, 15) is 0 Å². The molecule has 4 heteroatoms. The lowest BCUT2D eigenvalue weighted by Crippen LogP contribution is -2.10. The number of anilines is 1. The number of pyridine rings is 1. The lowest BCUT2D eigenvalue weighted by molar-refractivity contribution is 0.141. The van der Waals surface area contributed by atoms with Crippen LogP contribution < -0.4 is 10.1 Å². The van der Waals surface area contributed by atoms with Crippen LogP contribution in [-0.2, 0) is 4.74 Å². The average Bonchev–Trinajstić information content (AvgIpc) is 2.34. The predicted octanol–water partition coefficient (Wildman–Crippen LogP) is 2.32. The van der Waals surface area contributed by atoms with Gasteiger partial charge in [0.1, 0.15) is 11.6 Å². The highest BCUT2D eigenvalue weighted by Crippen LogP contribution is 2.10. The Kier molecular flexibility index (Phi) is 6.33. The molecule has 0 aliphatic carbocycles. The van der Waals surface area contributed by atoms with Gasteiger partial charge in [-0.2, -0.15) is 0 Å². The minimum atomic E-state index is 0.716. The Bertz CT molecular complexity index is 275. The Labute approximate surface area is 97.0 Å². The molecule has 0 amide bonds. The van der Waals surface area contributed by atoms with Gasteiger partial charge in [0.15, 0.2) is 0 Å². The van der Waals surface area contributed by atoms with Crippen molar-refractivity contribution in [3.8, 4) is 5.75 Å². The van der Waals surface area contributed by atoms with Crippen LogP contribution in [-0.4, -0.2) is 31.9 Å². The Balaban J connectivity index is 2.12. The number of nitrogens with zero attached hydrogens (tertiary/aromatic N) is 1. The largest absolute Gasteiger partial charge is 0.495 e. The Hall–Kier alpha value is -1.29. The van der Waals surface area contributed by atoms with E-state index in [1.54, 1.807) is 13.3 Å². The number of hydrogen-bond acceptors (Lipinski definition) is 4. The zero-order valence-electron chi connectivity index (χ0n) is 10.0. The van der Waals surface area contributed by atoms with Gasteiger partial charge in [0, 0.05) is 13.2 Å². The molecule has 1 aromatic rings. The summed E-state index contributed by atoms with van der Waals surface area (Å²) in [5, 5.41) is 3.18. The number of rotatable bonds is 8. The van der Waals surface area contributed by atoms with E-state index in [2.05, 4.69) is 17.2 Å². The van der Waals surface area contributed by atoms with Crippen LogP contribution in [0.2, 0.25) is 0 Å². The first-order valence-electron chi connectivity index (χ1n) is 5.68. The highest BCUT2D eigenvalue weighted by Gasteiger charge is 1.94. The van der Waals surface area contributed by atoms with Crippen LogP contribution in [0.15, 0.2) is 18.3 Å². The molecule has 1 rings (SSSR count). The maximum Gasteiger partial charge on any atom is 0.137 e. The highest BCUT2D eigenvalue weighted by molar-refractivity contribution is 5.37. The van der Waals surface area contributed by atoms with Gasteiger partial charge in [-0.15, -0.1) is 0 Å². The molecule has 1 heterocycles. The fraction of sp³-hybridized carbons (Fsp3) is 0.583. The van der Waals surface area contributed by atoms with Gasteiger partial charge in [-0.05, 0) is 18.6 Å². The van der Waals surface area contributed by atoms with Crippen LogP contribution in [0.1, 0.15) is 19.8 Å². The van der Waals surface area contributed by atoms with Crippen molar-refractivity contribution < 1.29 is 9.47 Å². The molecule has 0 bridgehead atoms. The molecule has 4 nitrogen and oxygen atoms in total. The molecule has 0 atom stereocenters. The molecular weight excluding hydrogens is 204 g/mol. The van der Waals surface area contributed by atoms with Crippen molar-refractivity contribution in [3.05, 3.63) is 18.3 Å². The molecule has 0 saturated heterocycles. The second kappa shape index (κ2) is 7.93. The van der Waals surface area contributed by atoms with E-state index in [0.29, 0.717) is 6.61 Å². The van der Waals surface area contributed by atoms with Crippen molar-refractivity contribution in [1.82, 2.24) is 4.98 Å². The van der Waals surface area contributed by atoms with Crippen LogP contribution in [0, 0.1) is 0 Å². The van der Waals surface area contributed by atoms with Crippen molar-refractivity contribution in [2.24, 2.45) is 0 Å². The second-order valence-electron chi connectivity index (χ2n) is 3.48. The Morgan fingerprint density at radius 3 is 2.81 bits per heavy atom. The average molecular weight is 224 g/mol. The van der Waals surface area contributed by atoms with Gasteiger partial charge in [-0.1, -0.05) is 13.3 Å². The van der Waals surface area contributed by atoms with Crippen molar-refractivity contribution in [2.75, 3.05) is 32.2 Å². The third kappa shape index (κ3) is 4.98. The third-order valence-corrected chi connectivity index (χ3v) is 2.17. The highest BCUT2D eigenvalue weighted by atomic mass is 16.5. The van der Waals surface area contributed by atoms with E-state index in [1.165, 1.54) is 6.42 Å². The van der Waals surface area contributed by atoms with E-state index >= 15 is 0 Å². The first-order valence-corrected chi connectivity index (χ1v) is 5.68. The summed E-state index contributed by atoms with van der Waals surface area (Å²) in [5.41, 5.74) is 0. The summed E-state index contributed by atoms with van der Waals surface area (Å²) >= 11 is 0. The molecule has 0 saturated carbocycles. The number of unbranched alkanes of at least 4 members (excludes halogenated alkanes) is 1. The van der Waals surface area contributed by atoms with E-state index in [4.69, 9.17) is 9.47 Å². The second-order valence-corrected chi connectivity index (χ2v) is 3.48. The summed E-state index contributed by atoms with van der Waals surface area (Å²) in [6.45, 7) is 4.49. The summed E-state index contributed by atoms with van der Waals surface area (Å²) in [6, 6.07) is 3.78. The minimum absolute atomic E-state index is 0.716. The lowest BCUT2D eigenvalue weighted by Gasteiger charge is -2.06. The molecule has 90 valence electrons. The molecule has 0 aromatic carbocycles. The maximum atomic E-state index is 5.43. The van der Waals surface area contributed by atoms with E-state index < -0.39 is 0 Å². The van der Waals surface area contributed by atoms with E-state index in [-0.39, 0.29) is 0 Å². The molecule has 0 aliphatic heterocycles. The monoisotopic (exact) mass is 224 g/mol. The molecule has 0 fully saturated rings. The van der Waals surface area contributed by atoms with Gasteiger partial charge >= 0.3 is 0 Å². The van der Waals surface area contributed by atoms with Crippen molar-refractivity contribution in [1.29, 1.82) is 0 Å². The Morgan fingerprint density at radius 2 is 2.19 bits per heavy atom. The molecular formula is C12H20N2O2. The summed E-state index contributed by atoms with van der Waals surface area (Å²) in [5.74, 6) is 1.62. The van der Waals surface area contributed by atoms with Crippen LogP contribution in [0.4, 0.5) is 5.82 Å². The van der Waals surface area contributed by atoms with Crippen molar-refractivity contribution in [3.63, 3.8) is 0 Å². The van der Waals surface area contributed by atoms with Gasteiger partial charge in [-0.3, -0.25) is 0 Å². The van der Waals surface area contributed by atoms with Gasteiger partial charge in [-0.25, -0.2) is 4.98 Å². The summed E-state index contributed by atoms with van der Waals surface area (Å²) < 4.78 is 10.4. The summed E-state index contributed by atoms with van der Waals surface area (Å²) in [7, 11) is 1.63. The van der Waals surface area contributed by atoms with Crippen LogP contribution in [0.25, 0.3) is 0 Å². The fourth-order valence-corrected chi connectivity index (χ4v) is 1.21. The van der Waals surface area contributed by atoms with E-state index in [1.807, 2.05) is 12.1 Å². The molecule has 0 aliphatic rings. The maximum absolute atomic E-state index is 5.43. The SMILES string of the molecule is CCCCOCCNc1ccc(OC)cn1. The standard InChI is InChI=1S/C12H20N2O2/c1-3-4-8-16-9-7-13-12-6-5-11(15-2)10-14-12/h5-6,10H,3-4,7-9H2,1-2H3,(H,13,14).